The molecule has 84 valence electrons. The SMILES string of the molecule is CS(=O)(=O)CCNc1ccc(F)cc1I. The molecule has 0 aromatic heterocycles. The molecule has 6 heteroatoms. The van der Waals surface area contributed by atoms with Gasteiger partial charge in [0.1, 0.15) is 15.7 Å². The summed E-state index contributed by atoms with van der Waals surface area (Å²) in [6, 6.07) is 4.33. The van der Waals surface area contributed by atoms with Crippen LogP contribution < -0.4 is 5.32 Å². The van der Waals surface area contributed by atoms with Gasteiger partial charge in [0.15, 0.2) is 0 Å². The minimum absolute atomic E-state index is 0.0699. The van der Waals surface area contributed by atoms with Crippen LogP contribution in [0.5, 0.6) is 0 Å². The normalized spacial score (nSPS) is 11.4. The van der Waals surface area contributed by atoms with E-state index in [0.717, 1.165) is 9.26 Å². The zero-order valence-corrected chi connectivity index (χ0v) is 11.1. The molecule has 1 aromatic carbocycles. The van der Waals surface area contributed by atoms with Gasteiger partial charge in [-0.3, -0.25) is 0 Å². The van der Waals surface area contributed by atoms with E-state index in [1.54, 1.807) is 6.07 Å². The number of rotatable bonds is 4. The summed E-state index contributed by atoms with van der Waals surface area (Å²) >= 11 is 1.99. The van der Waals surface area contributed by atoms with Crippen LogP contribution in [-0.2, 0) is 9.84 Å². The van der Waals surface area contributed by atoms with Crippen molar-refractivity contribution in [3.63, 3.8) is 0 Å². The zero-order valence-electron chi connectivity index (χ0n) is 8.13. The number of nitrogens with one attached hydrogen (secondary N) is 1. The summed E-state index contributed by atoms with van der Waals surface area (Å²) in [5, 5.41) is 2.94. The van der Waals surface area contributed by atoms with Gasteiger partial charge in [0.2, 0.25) is 0 Å². The molecule has 0 saturated carbocycles. The molecule has 0 unspecified atom stereocenters. The molecule has 0 fully saturated rings. The number of halogens is 2. The van der Waals surface area contributed by atoms with Crippen molar-refractivity contribution >= 4 is 38.1 Å². The maximum absolute atomic E-state index is 12.7. The molecular formula is C9H11FINO2S. The van der Waals surface area contributed by atoms with Crippen molar-refractivity contribution in [1.29, 1.82) is 0 Å². The van der Waals surface area contributed by atoms with Gasteiger partial charge >= 0.3 is 0 Å². The van der Waals surface area contributed by atoms with Crippen LogP contribution in [0, 0.1) is 9.39 Å². The Morgan fingerprint density at radius 1 is 1.47 bits per heavy atom. The standard InChI is InChI=1S/C9H11FINO2S/c1-15(13,14)5-4-12-9-3-2-7(10)6-8(9)11/h2-3,6,12H,4-5H2,1H3. The maximum Gasteiger partial charge on any atom is 0.149 e. The summed E-state index contributed by atoms with van der Waals surface area (Å²) in [5.74, 6) is -0.228. The van der Waals surface area contributed by atoms with E-state index < -0.39 is 9.84 Å². The lowest BCUT2D eigenvalue weighted by atomic mass is 10.3. The van der Waals surface area contributed by atoms with Gasteiger partial charge in [0.25, 0.3) is 0 Å². The zero-order chi connectivity index (χ0) is 11.5. The summed E-state index contributed by atoms with van der Waals surface area (Å²) in [5.41, 5.74) is 0.751. The highest BCUT2D eigenvalue weighted by atomic mass is 127. The monoisotopic (exact) mass is 343 g/mol. The van der Waals surface area contributed by atoms with E-state index in [-0.39, 0.29) is 11.6 Å². The summed E-state index contributed by atoms with van der Waals surface area (Å²) in [6.45, 7) is 0.334. The fraction of sp³-hybridized carbons (Fsp3) is 0.333. The van der Waals surface area contributed by atoms with Crippen LogP contribution in [0.2, 0.25) is 0 Å². The van der Waals surface area contributed by atoms with Crippen LogP contribution in [-0.4, -0.2) is 27.0 Å². The average Bonchev–Trinajstić information content (AvgIpc) is 2.07. The Morgan fingerprint density at radius 2 is 2.13 bits per heavy atom. The first-order valence-electron chi connectivity index (χ1n) is 4.25. The van der Waals surface area contributed by atoms with Gasteiger partial charge in [-0.25, -0.2) is 12.8 Å². The number of hydrogen-bond donors (Lipinski definition) is 1. The van der Waals surface area contributed by atoms with E-state index in [0.29, 0.717) is 6.54 Å². The van der Waals surface area contributed by atoms with Gasteiger partial charge in [0, 0.05) is 22.1 Å². The first-order chi connectivity index (χ1) is 6.88. The van der Waals surface area contributed by atoms with Gasteiger partial charge in [-0.05, 0) is 40.8 Å². The minimum Gasteiger partial charge on any atom is -0.383 e. The molecule has 1 rings (SSSR count). The lowest BCUT2D eigenvalue weighted by Gasteiger charge is -2.07. The third-order valence-electron chi connectivity index (χ3n) is 1.72. The van der Waals surface area contributed by atoms with Crippen LogP contribution in [0.25, 0.3) is 0 Å². The molecule has 0 aliphatic rings. The highest BCUT2D eigenvalue weighted by Gasteiger charge is 2.03. The van der Waals surface area contributed by atoms with Crippen molar-refractivity contribution in [2.24, 2.45) is 0 Å². The Morgan fingerprint density at radius 3 is 2.67 bits per heavy atom. The molecule has 0 aliphatic heterocycles. The molecule has 0 aliphatic carbocycles. The Balaban J connectivity index is 2.59. The second-order valence-electron chi connectivity index (χ2n) is 3.18. The summed E-state index contributed by atoms with van der Waals surface area (Å²) < 4.78 is 35.2. The fourth-order valence-electron chi connectivity index (χ4n) is 1.00. The molecule has 0 atom stereocenters. The van der Waals surface area contributed by atoms with Crippen molar-refractivity contribution in [3.05, 3.63) is 27.6 Å². The van der Waals surface area contributed by atoms with Crippen LogP contribution >= 0.6 is 22.6 Å². The van der Waals surface area contributed by atoms with Crippen LogP contribution in [0.15, 0.2) is 18.2 Å². The molecule has 0 radical (unpaired) electrons. The van der Waals surface area contributed by atoms with Crippen LogP contribution in [0.3, 0.4) is 0 Å². The van der Waals surface area contributed by atoms with E-state index in [9.17, 15) is 12.8 Å². The molecule has 1 N–H and O–H groups in total. The molecular weight excluding hydrogens is 332 g/mol. The van der Waals surface area contributed by atoms with Gasteiger partial charge in [0.05, 0.1) is 5.75 Å². The second-order valence-corrected chi connectivity index (χ2v) is 6.60. The van der Waals surface area contributed by atoms with Gasteiger partial charge in [-0.2, -0.15) is 0 Å². The number of anilines is 1. The van der Waals surface area contributed by atoms with Crippen molar-refractivity contribution < 1.29 is 12.8 Å². The molecule has 0 amide bonds. The van der Waals surface area contributed by atoms with Crippen molar-refractivity contribution in [3.8, 4) is 0 Å². The van der Waals surface area contributed by atoms with E-state index in [1.165, 1.54) is 18.4 Å². The molecule has 0 spiro atoms. The lowest BCUT2D eigenvalue weighted by Crippen LogP contribution is -2.14. The highest BCUT2D eigenvalue weighted by Crippen LogP contribution is 2.18. The Hall–Kier alpha value is -0.370. The lowest BCUT2D eigenvalue weighted by molar-refractivity contribution is 0.602. The summed E-state index contributed by atoms with van der Waals surface area (Å²) in [7, 11) is -2.95. The third-order valence-corrected chi connectivity index (χ3v) is 3.56. The largest absolute Gasteiger partial charge is 0.383 e. The van der Waals surface area contributed by atoms with Crippen LogP contribution in [0.4, 0.5) is 10.1 Å². The quantitative estimate of drug-likeness (QED) is 0.850. The van der Waals surface area contributed by atoms with Crippen molar-refractivity contribution in [2.75, 3.05) is 23.9 Å². The van der Waals surface area contributed by atoms with Gasteiger partial charge in [-0.1, -0.05) is 0 Å². The highest BCUT2D eigenvalue weighted by molar-refractivity contribution is 14.1. The van der Waals surface area contributed by atoms with Gasteiger partial charge < -0.3 is 5.32 Å². The smallest absolute Gasteiger partial charge is 0.149 e. The third kappa shape index (κ3) is 4.78. The average molecular weight is 343 g/mol. The fourth-order valence-corrected chi connectivity index (χ4v) is 2.14. The predicted octanol–water partition coefficient (Wildman–Crippen LogP) is 1.89. The topological polar surface area (TPSA) is 46.2 Å². The van der Waals surface area contributed by atoms with Crippen molar-refractivity contribution in [1.82, 2.24) is 0 Å². The number of sulfone groups is 1. The number of hydrogen-bond acceptors (Lipinski definition) is 3. The van der Waals surface area contributed by atoms with Crippen molar-refractivity contribution in [2.45, 2.75) is 0 Å². The molecule has 0 heterocycles. The van der Waals surface area contributed by atoms with E-state index in [4.69, 9.17) is 0 Å². The Kier molecular flexibility index (Phi) is 4.32. The first kappa shape index (κ1) is 12.7. The molecule has 0 saturated heterocycles. The first-order valence-corrected chi connectivity index (χ1v) is 7.39. The predicted molar refractivity (Wildman–Crippen MR) is 67.3 cm³/mol. The van der Waals surface area contributed by atoms with Gasteiger partial charge in [-0.15, -0.1) is 0 Å². The summed E-state index contributed by atoms with van der Waals surface area (Å²) in [4.78, 5) is 0. The molecule has 0 bridgehead atoms. The van der Waals surface area contributed by atoms with E-state index >= 15 is 0 Å². The van der Waals surface area contributed by atoms with E-state index in [2.05, 4.69) is 5.32 Å². The molecule has 3 nitrogen and oxygen atoms in total. The molecule has 1 aromatic rings. The Bertz CT molecular complexity index is 447. The Labute approximate surface area is 102 Å². The number of benzene rings is 1. The summed E-state index contributed by atoms with van der Waals surface area (Å²) in [6.07, 6.45) is 1.18. The minimum atomic E-state index is -2.95. The maximum atomic E-state index is 12.7. The van der Waals surface area contributed by atoms with E-state index in [1.807, 2.05) is 22.6 Å². The van der Waals surface area contributed by atoms with Crippen LogP contribution in [0.1, 0.15) is 0 Å². The molecule has 15 heavy (non-hydrogen) atoms. The second kappa shape index (κ2) is 5.11.